The van der Waals surface area contributed by atoms with Crippen LogP contribution in [0.5, 0.6) is 0 Å². The number of guanidine groups is 1. The molecule has 0 saturated heterocycles. The van der Waals surface area contributed by atoms with Crippen LogP contribution in [0, 0.1) is 23.7 Å². The highest BCUT2D eigenvalue weighted by molar-refractivity contribution is 6.00. The number of nitrogens with two attached hydrogens (primary N) is 5. The van der Waals surface area contributed by atoms with Gasteiger partial charge in [0.25, 0.3) is 0 Å². The fourth-order valence-corrected chi connectivity index (χ4v) is 10.4. The Morgan fingerprint density at radius 3 is 1.23 bits per heavy atom. The quantitative estimate of drug-likeness (QED) is 0.0198. The fraction of sp³-hybridized carbons (Fsp3) is 0.612. The van der Waals surface area contributed by atoms with Crippen molar-refractivity contribution >= 4 is 82.9 Å². The summed E-state index contributed by atoms with van der Waals surface area (Å²) in [6, 6.07) is 2.34. The van der Waals surface area contributed by atoms with Crippen LogP contribution in [0.1, 0.15) is 149 Å². The van der Waals surface area contributed by atoms with Gasteiger partial charge in [0.2, 0.25) is 65.0 Å². The molecule has 32 heteroatoms. The number of benzene rings is 2. The summed E-state index contributed by atoms with van der Waals surface area (Å²) in [5, 5.41) is 55.7. The second-order valence-electron chi connectivity index (χ2n) is 25.3. The van der Waals surface area contributed by atoms with E-state index in [1.165, 1.54) is 0 Å². The van der Waals surface area contributed by atoms with E-state index < -0.39 is 181 Å². The van der Waals surface area contributed by atoms with E-state index in [4.69, 9.17) is 28.7 Å². The number of hydrogen-bond acceptors (Lipinski definition) is 17. The molecule has 0 aliphatic carbocycles. The predicted molar refractivity (Wildman–Crippen MR) is 368 cm³/mol. The van der Waals surface area contributed by atoms with E-state index in [0.29, 0.717) is 37.7 Å². The van der Waals surface area contributed by atoms with Gasteiger partial charge >= 0.3 is 11.9 Å². The third-order valence-corrected chi connectivity index (χ3v) is 16.5. The molecule has 13 atom stereocenters. The number of carbonyl (C=O) groups excluding carboxylic acids is 11. The molecular formula is C67H108N16O16. The number of nitrogens with zero attached hydrogens (tertiary/aromatic N) is 1. The molecule has 2 aromatic carbocycles. The highest BCUT2D eigenvalue weighted by atomic mass is 16.4. The van der Waals surface area contributed by atoms with Crippen LogP contribution in [-0.4, -0.2) is 185 Å². The van der Waals surface area contributed by atoms with Crippen LogP contribution >= 0.6 is 0 Å². The lowest BCUT2D eigenvalue weighted by molar-refractivity contribution is -0.143. The Kier molecular flexibility index (Phi) is 39.9. The summed E-state index contributed by atoms with van der Waals surface area (Å²) in [7, 11) is 0. The van der Waals surface area contributed by atoms with E-state index in [1.54, 1.807) is 78.8 Å². The molecule has 11 amide bonds. The molecule has 99 heavy (non-hydrogen) atoms. The molecule has 0 aliphatic rings. The van der Waals surface area contributed by atoms with E-state index in [0.717, 1.165) is 5.56 Å². The minimum atomic E-state index is -1.84. The maximum absolute atomic E-state index is 14.5. The van der Waals surface area contributed by atoms with Crippen molar-refractivity contribution in [3.8, 4) is 0 Å². The molecule has 0 heterocycles. The molecule has 0 unspecified atom stereocenters. The van der Waals surface area contributed by atoms with E-state index in [9.17, 15) is 77.6 Å². The van der Waals surface area contributed by atoms with Crippen molar-refractivity contribution in [3.05, 3.63) is 71.8 Å². The zero-order valence-corrected chi connectivity index (χ0v) is 58.0. The number of carboxylic acids is 2. The number of hydrogen-bond donors (Lipinski definition) is 18. The number of aliphatic carboxylic acids is 2. The number of aliphatic imine (C=N–C) groups is 1. The predicted octanol–water partition coefficient (Wildman–Crippen LogP) is -1.78. The normalized spacial score (nSPS) is 15.1. The highest BCUT2D eigenvalue weighted by Gasteiger charge is 2.39. The van der Waals surface area contributed by atoms with Gasteiger partial charge in [-0.05, 0) is 113 Å². The molecule has 0 fully saturated rings. The van der Waals surface area contributed by atoms with Gasteiger partial charge in [-0.1, -0.05) is 122 Å². The van der Waals surface area contributed by atoms with Crippen LogP contribution in [0.4, 0.5) is 0 Å². The molecular weight excluding hydrogens is 1280 g/mol. The molecule has 0 radical (unpaired) electrons. The zero-order valence-electron chi connectivity index (χ0n) is 58.0. The van der Waals surface area contributed by atoms with Crippen molar-refractivity contribution in [1.29, 1.82) is 0 Å². The Bertz CT molecular complexity index is 2980. The van der Waals surface area contributed by atoms with Gasteiger partial charge in [0.15, 0.2) is 5.96 Å². The largest absolute Gasteiger partial charge is 0.481 e. The van der Waals surface area contributed by atoms with Crippen LogP contribution < -0.4 is 81.8 Å². The topological polar surface area (TPSA) is 545 Å². The van der Waals surface area contributed by atoms with Crippen molar-refractivity contribution in [1.82, 2.24) is 53.2 Å². The molecule has 0 bridgehead atoms. The Morgan fingerprint density at radius 1 is 0.434 bits per heavy atom. The zero-order chi connectivity index (χ0) is 74.3. The number of carbonyl (C=O) groups is 13. The van der Waals surface area contributed by atoms with Gasteiger partial charge in [-0.25, -0.2) is 4.79 Å². The third-order valence-electron chi connectivity index (χ3n) is 16.5. The van der Waals surface area contributed by atoms with Gasteiger partial charge < -0.3 is 97.2 Å². The molecule has 0 aromatic heterocycles. The molecule has 0 spiro atoms. The number of nitrogens with one attached hydrogen (secondary N) is 10. The van der Waals surface area contributed by atoms with Gasteiger partial charge in [-0.3, -0.25) is 62.5 Å². The Balaban J connectivity index is 2.49. The highest BCUT2D eigenvalue weighted by Crippen LogP contribution is 2.17. The number of primary amides is 1. The molecule has 0 aliphatic heterocycles. The van der Waals surface area contributed by atoms with Gasteiger partial charge in [0.05, 0.1) is 13.0 Å². The summed E-state index contributed by atoms with van der Waals surface area (Å²) in [6.45, 7) is 11.4. The lowest BCUT2D eigenvalue weighted by Gasteiger charge is -2.31. The first kappa shape index (κ1) is 85.8. The third kappa shape index (κ3) is 32.7. The average molecular weight is 1390 g/mol. The second-order valence-corrected chi connectivity index (χ2v) is 25.3. The monoisotopic (exact) mass is 1390 g/mol. The van der Waals surface area contributed by atoms with Crippen molar-refractivity contribution < 1.29 is 77.6 Å². The number of aliphatic hydroxyl groups excluding tert-OH is 1. The average Bonchev–Trinajstić information content (AvgIpc) is 0.855. The first-order valence-corrected chi connectivity index (χ1v) is 33.8. The summed E-state index contributed by atoms with van der Waals surface area (Å²) in [6.07, 6.45) is 0.268. The summed E-state index contributed by atoms with van der Waals surface area (Å²) in [4.78, 5) is 182. The minimum absolute atomic E-state index is 0.00727. The molecule has 0 saturated carbocycles. The van der Waals surface area contributed by atoms with Crippen LogP contribution in [0.15, 0.2) is 65.7 Å². The molecule has 2 aromatic rings. The molecule has 552 valence electrons. The van der Waals surface area contributed by atoms with E-state index in [-0.39, 0.29) is 82.9 Å². The SMILES string of the molecule is CC[C@H](C)[C@H](NC(=O)[C@H](CO)NC(=O)[C@H](CCCCN)NC(=O)[C@H](CCCN=C(N)N)NC(=O)[C@@H](C)Cc1ccccc1)C(=O)N[C@H](C(=O)N[C@@H](CC(N)=O)C(=O)N[C@@H](Cc1ccccc1)C(=O)N[C@@H](CCC(=O)O)C(=O)N[C@@H](CCCCN)C(=O)N[C@@H](CC(C)C)C(=O)O)[C@@H](C)CC. The van der Waals surface area contributed by atoms with E-state index in [2.05, 4.69) is 58.2 Å². The first-order chi connectivity index (χ1) is 46.9. The van der Waals surface area contributed by atoms with Crippen LogP contribution in [0.25, 0.3) is 0 Å². The minimum Gasteiger partial charge on any atom is -0.481 e. The van der Waals surface area contributed by atoms with Gasteiger partial charge in [0, 0.05) is 25.3 Å². The molecule has 23 N–H and O–H groups in total. The molecule has 32 nitrogen and oxygen atoms in total. The lowest BCUT2D eigenvalue weighted by Crippen LogP contribution is -2.62. The number of rotatable bonds is 49. The van der Waals surface area contributed by atoms with Crippen LogP contribution in [-0.2, 0) is 75.2 Å². The van der Waals surface area contributed by atoms with Crippen molar-refractivity contribution in [3.63, 3.8) is 0 Å². The Labute approximate surface area is 578 Å². The van der Waals surface area contributed by atoms with E-state index in [1.807, 2.05) is 30.3 Å². The maximum Gasteiger partial charge on any atom is 0.326 e. The van der Waals surface area contributed by atoms with Gasteiger partial charge in [0.1, 0.15) is 60.4 Å². The van der Waals surface area contributed by atoms with Crippen LogP contribution in [0.2, 0.25) is 0 Å². The van der Waals surface area contributed by atoms with Crippen molar-refractivity contribution in [2.45, 2.75) is 212 Å². The number of unbranched alkanes of at least 4 members (excludes halogenated alkanes) is 2. The Hall–Kier alpha value is -9.30. The van der Waals surface area contributed by atoms with Gasteiger partial charge in [-0.2, -0.15) is 0 Å². The second kappa shape index (κ2) is 46.1. The summed E-state index contributed by atoms with van der Waals surface area (Å²) in [5.41, 5.74) is 29.5. The molecule has 2 rings (SSSR count). The number of amides is 11. The van der Waals surface area contributed by atoms with Gasteiger partial charge in [-0.15, -0.1) is 0 Å². The fourth-order valence-electron chi connectivity index (χ4n) is 10.4. The summed E-state index contributed by atoms with van der Waals surface area (Å²) < 4.78 is 0. The van der Waals surface area contributed by atoms with Crippen molar-refractivity contribution in [2.24, 2.45) is 57.3 Å². The number of aliphatic hydroxyl groups is 1. The smallest absolute Gasteiger partial charge is 0.326 e. The van der Waals surface area contributed by atoms with E-state index >= 15 is 0 Å². The standard InChI is InChI=1S/C67H108N16O16/c1-8-39(5)54(83-65(97)55(40(6)9-2)82-63(95)51(37-84)81-59(91)45(26-17-19-31-69)75-57(89)46(27-20-32-73-67(71)72)74-56(88)41(7)34-42-21-12-10-13-22-42)64(96)79-49(36-52(70)85)62(94)78-48(35-43-23-14-11-15-24-43)61(93)77-47(28-29-53(86)87)60(92)76-44(25-16-18-30-68)58(90)80-50(66(98)99)33-38(3)4/h10-15,21-24,38-41,44-51,54-55,84H,8-9,16-20,25-37,68-69H2,1-7H3,(H2,70,85)(H,74,88)(H,75,89)(H,76,92)(H,77,93)(H,78,94)(H,79,96)(H,80,90)(H,81,91)(H,82,95)(H,83,97)(H,86,87)(H,98,99)(H4,71,72,73)/t39-,40-,41-,44-,45-,46-,47-,48-,49-,50-,51-,54-,55-/m0/s1. The lowest BCUT2D eigenvalue weighted by atomic mass is 9.94. The summed E-state index contributed by atoms with van der Waals surface area (Å²) >= 11 is 0. The maximum atomic E-state index is 14.5. The van der Waals surface area contributed by atoms with Crippen molar-refractivity contribution in [2.75, 3.05) is 26.2 Å². The Morgan fingerprint density at radius 2 is 0.808 bits per heavy atom. The summed E-state index contributed by atoms with van der Waals surface area (Å²) in [5.74, 6) is -15.3. The van der Waals surface area contributed by atoms with Crippen LogP contribution in [0.3, 0.4) is 0 Å². The first-order valence-electron chi connectivity index (χ1n) is 33.8. The number of carboxylic acid groups (broad SMARTS) is 2.